The number of aromatic nitrogens is 8. The van der Waals surface area contributed by atoms with Crippen molar-refractivity contribution in [2.45, 2.75) is 90.5 Å². The first-order chi connectivity index (χ1) is 38.4. The second-order valence-electron chi connectivity index (χ2n) is 22.6. The zero-order valence-corrected chi connectivity index (χ0v) is 47.2. The fourth-order valence-electron chi connectivity index (χ4n) is 12.5. The fourth-order valence-corrected chi connectivity index (χ4v) is 12.5. The van der Waals surface area contributed by atoms with Crippen LogP contribution in [0.25, 0.3) is 66.4 Å². The predicted molar refractivity (Wildman–Crippen MR) is 308 cm³/mol. The molecule has 14 nitrogen and oxygen atoms in total. The lowest BCUT2D eigenvalue weighted by Crippen LogP contribution is -2.27. The second kappa shape index (κ2) is 21.5. The van der Waals surface area contributed by atoms with Crippen molar-refractivity contribution >= 4 is 43.9 Å². The number of benzene rings is 4. The van der Waals surface area contributed by atoms with Gasteiger partial charge in [0.05, 0.1) is 105 Å². The van der Waals surface area contributed by atoms with Crippen molar-refractivity contribution in [3.8, 4) is 34.0 Å². The van der Waals surface area contributed by atoms with Crippen LogP contribution in [0.15, 0.2) is 110 Å². The molecule has 6 aromatic heterocycles. The Morgan fingerprint density at radius 3 is 1.25 bits per heavy atom. The van der Waals surface area contributed by atoms with Crippen LogP contribution in [-0.2, 0) is 34.8 Å². The van der Waals surface area contributed by atoms with Gasteiger partial charge in [-0.05, 0) is 150 Å². The molecule has 0 spiro atoms. The summed E-state index contributed by atoms with van der Waals surface area (Å²) in [4.78, 5) is 9.98. The lowest BCUT2D eigenvalue weighted by Gasteiger charge is -2.33. The van der Waals surface area contributed by atoms with E-state index in [1.807, 2.05) is 111 Å². The van der Waals surface area contributed by atoms with E-state index in [1.165, 1.54) is 12.1 Å². The van der Waals surface area contributed by atoms with Crippen LogP contribution in [0.5, 0.6) is 11.5 Å². The quantitative estimate of drug-likeness (QED) is 0.121. The SMILES string of the molecule is COc1cc(C(C)(C)O)cc2c1c1ncc(-c3c(C)cnn3C)cc1n2C(c1ccccc1F)C1CCOCC1.COc1cc(C(C)(C)O)cc2c1c1ncc(-c3c(C)cnn3C)cc1n2C(c1ccccc1F)C1CCOCC1. The Balaban J connectivity index is 0.000000169. The third kappa shape index (κ3) is 9.79. The standard InChI is InChI=1S/2C32H35FN4O3/c2*1-19-17-35-36(4)30(19)21-14-26-29(34-18-21)28-25(15-22(32(2,3)38)16-27(28)39-5)37(26)31(20-10-12-40-13-11-20)23-8-6-7-9-24(23)33/h2*6-9,14-18,20,31,38H,10-13H2,1-5H3. The monoisotopic (exact) mass is 1080 g/mol. The average Bonchev–Trinajstić information content (AvgIpc) is 4.19. The summed E-state index contributed by atoms with van der Waals surface area (Å²) < 4.78 is 62.8. The van der Waals surface area contributed by atoms with Crippen LogP contribution in [0.1, 0.15) is 98.8 Å². The molecule has 2 aliphatic heterocycles. The first-order valence-electron chi connectivity index (χ1n) is 27.5. The number of fused-ring (bicyclic) bond motifs is 6. The lowest BCUT2D eigenvalue weighted by molar-refractivity contribution is 0.0547. The van der Waals surface area contributed by atoms with Gasteiger partial charge < -0.3 is 38.3 Å². The number of ether oxygens (including phenoxy) is 4. The van der Waals surface area contributed by atoms with Gasteiger partial charge in [0.15, 0.2) is 0 Å². The molecule has 0 radical (unpaired) electrons. The molecule has 10 aromatic rings. The Morgan fingerprint density at radius 1 is 0.550 bits per heavy atom. The number of rotatable bonds is 12. The average molecular weight is 1090 g/mol. The number of methoxy groups -OCH3 is 2. The Bertz CT molecular complexity index is 3630. The third-order valence-electron chi connectivity index (χ3n) is 16.5. The Kier molecular flexibility index (Phi) is 14.6. The highest BCUT2D eigenvalue weighted by atomic mass is 19.1. The van der Waals surface area contributed by atoms with Crippen LogP contribution < -0.4 is 9.47 Å². The van der Waals surface area contributed by atoms with E-state index in [0.29, 0.717) is 60.2 Å². The number of pyridine rings is 2. The van der Waals surface area contributed by atoms with Gasteiger partial charge in [-0.3, -0.25) is 19.3 Å². The maximum Gasteiger partial charge on any atom is 0.130 e. The Labute approximate surface area is 464 Å². The molecule has 2 saturated heterocycles. The summed E-state index contributed by atoms with van der Waals surface area (Å²) in [7, 11) is 7.11. The van der Waals surface area contributed by atoms with Crippen molar-refractivity contribution in [3.63, 3.8) is 0 Å². The number of halogens is 2. The van der Waals surface area contributed by atoms with Gasteiger partial charge in [0.2, 0.25) is 0 Å². The molecule has 16 heteroatoms. The van der Waals surface area contributed by atoms with Crippen molar-refractivity contribution in [1.82, 2.24) is 38.7 Å². The molecule has 2 fully saturated rings. The number of aryl methyl sites for hydroxylation is 4. The van der Waals surface area contributed by atoms with Crippen LogP contribution in [0, 0.1) is 37.3 Å². The van der Waals surface area contributed by atoms with Crippen molar-refractivity contribution < 1.29 is 37.9 Å². The zero-order chi connectivity index (χ0) is 56.4. The summed E-state index contributed by atoms with van der Waals surface area (Å²) in [6, 6.07) is 25.4. The van der Waals surface area contributed by atoms with E-state index in [4.69, 9.17) is 28.9 Å². The highest BCUT2D eigenvalue weighted by Gasteiger charge is 2.36. The largest absolute Gasteiger partial charge is 0.496 e. The highest BCUT2D eigenvalue weighted by Crippen LogP contribution is 2.48. The minimum absolute atomic E-state index is 0.128. The molecule has 0 amide bonds. The number of hydrogen-bond acceptors (Lipinski definition) is 10. The Morgan fingerprint density at radius 2 is 0.925 bits per heavy atom. The summed E-state index contributed by atoms with van der Waals surface area (Å²) in [5.74, 6) is 1.01. The van der Waals surface area contributed by atoms with Crippen LogP contribution in [0.4, 0.5) is 8.78 Å². The van der Waals surface area contributed by atoms with Gasteiger partial charge in [0, 0.05) is 75.2 Å². The maximum absolute atomic E-state index is 15.7. The fraction of sp³-hybridized carbons (Fsp3) is 0.375. The van der Waals surface area contributed by atoms with Crippen LogP contribution in [-0.4, -0.2) is 89.5 Å². The van der Waals surface area contributed by atoms with E-state index in [9.17, 15) is 10.2 Å². The van der Waals surface area contributed by atoms with Gasteiger partial charge in [-0.2, -0.15) is 10.2 Å². The molecule has 80 heavy (non-hydrogen) atoms. The van der Waals surface area contributed by atoms with Crippen LogP contribution in [0.3, 0.4) is 0 Å². The van der Waals surface area contributed by atoms with E-state index in [1.54, 1.807) is 54.0 Å². The molecule has 2 atom stereocenters. The summed E-state index contributed by atoms with van der Waals surface area (Å²) in [5, 5.41) is 32.7. The topological polar surface area (TPSA) is 149 Å². The number of hydrogen-bond donors (Lipinski definition) is 2. The smallest absolute Gasteiger partial charge is 0.130 e. The van der Waals surface area contributed by atoms with Crippen LogP contribution >= 0.6 is 0 Å². The molecule has 12 rings (SSSR count). The molecule has 0 bridgehead atoms. The summed E-state index contributed by atoms with van der Waals surface area (Å²) in [6.45, 7) is 13.6. The maximum atomic E-state index is 15.7. The van der Waals surface area contributed by atoms with Gasteiger partial charge in [0.1, 0.15) is 23.1 Å². The predicted octanol–water partition coefficient (Wildman–Crippen LogP) is 12.6. The molecular formula is C64H70F2N8O6. The van der Waals surface area contributed by atoms with Crippen molar-refractivity contribution in [1.29, 1.82) is 0 Å². The van der Waals surface area contributed by atoms with Gasteiger partial charge in [0.25, 0.3) is 0 Å². The molecular weight excluding hydrogens is 1010 g/mol. The zero-order valence-electron chi connectivity index (χ0n) is 47.2. The first-order valence-corrected chi connectivity index (χ1v) is 27.5. The molecule has 8 heterocycles. The van der Waals surface area contributed by atoms with Crippen LogP contribution in [0.2, 0.25) is 0 Å². The number of nitrogens with zero attached hydrogens (tertiary/aromatic N) is 8. The minimum atomic E-state index is -1.11. The van der Waals surface area contributed by atoms with Gasteiger partial charge in [-0.1, -0.05) is 36.4 Å². The van der Waals surface area contributed by atoms with Gasteiger partial charge in [-0.25, -0.2) is 8.78 Å². The molecule has 2 aliphatic rings. The normalized spacial score (nSPS) is 15.7. The van der Waals surface area contributed by atoms with E-state index >= 15 is 8.78 Å². The molecule has 2 N–H and O–H groups in total. The Hall–Kier alpha value is -7.50. The molecule has 4 aromatic carbocycles. The third-order valence-corrected chi connectivity index (χ3v) is 16.5. The highest BCUT2D eigenvalue weighted by molar-refractivity contribution is 6.11. The van der Waals surface area contributed by atoms with E-state index < -0.39 is 11.2 Å². The summed E-state index contributed by atoms with van der Waals surface area (Å²) >= 11 is 0. The molecule has 416 valence electrons. The first kappa shape index (κ1) is 54.5. The number of aliphatic hydroxyl groups is 2. The van der Waals surface area contributed by atoms with Crippen molar-refractivity contribution in [2.75, 3.05) is 40.6 Å². The van der Waals surface area contributed by atoms with E-state index in [-0.39, 0.29) is 35.6 Å². The summed E-state index contributed by atoms with van der Waals surface area (Å²) in [5.41, 5.74) is 11.3. The lowest BCUT2D eigenvalue weighted by atomic mass is 9.86. The minimum Gasteiger partial charge on any atom is -0.496 e. The van der Waals surface area contributed by atoms with E-state index in [0.717, 1.165) is 103 Å². The molecule has 0 saturated carbocycles. The van der Waals surface area contributed by atoms with Gasteiger partial charge >= 0.3 is 0 Å². The van der Waals surface area contributed by atoms with Crippen molar-refractivity contribution in [2.24, 2.45) is 25.9 Å². The molecule has 2 unspecified atom stereocenters. The van der Waals surface area contributed by atoms with E-state index in [2.05, 4.69) is 31.5 Å². The second-order valence-corrected chi connectivity index (χ2v) is 22.6. The van der Waals surface area contributed by atoms with Crippen molar-refractivity contribution in [3.05, 3.63) is 155 Å². The molecule has 0 aliphatic carbocycles. The van der Waals surface area contributed by atoms with Gasteiger partial charge in [-0.15, -0.1) is 0 Å². The summed E-state index contributed by atoms with van der Waals surface area (Å²) in [6.07, 6.45) is 10.6.